The average molecular weight is 426 g/mol. The van der Waals surface area contributed by atoms with Crippen LogP contribution in [-0.2, 0) is 6.54 Å². The van der Waals surface area contributed by atoms with Crippen LogP contribution in [0.4, 0.5) is 4.79 Å². The van der Waals surface area contributed by atoms with Gasteiger partial charge in [-0.1, -0.05) is 24.1 Å². The van der Waals surface area contributed by atoms with Gasteiger partial charge in [0.1, 0.15) is 5.82 Å². The maximum absolute atomic E-state index is 13.0. The Morgan fingerprint density at radius 1 is 1.13 bits per heavy atom. The number of hydrogen-bond acceptors (Lipinski definition) is 3. The van der Waals surface area contributed by atoms with Gasteiger partial charge in [-0.05, 0) is 52.2 Å². The third kappa shape index (κ3) is 5.87. The SMILES string of the molecule is CCCNC(=O)N(CCn1ccnc1C)C1CCN(C(=O)c2cc(C)cc(C)c2)CC1. The van der Waals surface area contributed by atoms with Crippen molar-refractivity contribution in [2.45, 2.75) is 59.5 Å². The number of nitrogens with one attached hydrogen (secondary N) is 1. The molecular formula is C24H35N5O2. The summed E-state index contributed by atoms with van der Waals surface area (Å²) in [6.45, 7) is 11.4. The summed E-state index contributed by atoms with van der Waals surface area (Å²) in [5.74, 6) is 1.03. The molecule has 2 heterocycles. The number of carbonyl (C=O) groups excluding carboxylic acids is 2. The summed E-state index contributed by atoms with van der Waals surface area (Å²) in [5, 5.41) is 3.03. The van der Waals surface area contributed by atoms with Crippen LogP contribution >= 0.6 is 0 Å². The number of piperidine rings is 1. The first-order valence-electron chi connectivity index (χ1n) is 11.3. The molecule has 1 aliphatic heterocycles. The van der Waals surface area contributed by atoms with Crippen LogP contribution < -0.4 is 5.32 Å². The molecule has 0 aliphatic carbocycles. The highest BCUT2D eigenvalue weighted by Gasteiger charge is 2.30. The first-order chi connectivity index (χ1) is 14.9. The van der Waals surface area contributed by atoms with Gasteiger partial charge in [-0.25, -0.2) is 9.78 Å². The highest BCUT2D eigenvalue weighted by atomic mass is 16.2. The summed E-state index contributed by atoms with van der Waals surface area (Å²) in [4.78, 5) is 34.0. The molecule has 7 nitrogen and oxygen atoms in total. The van der Waals surface area contributed by atoms with Gasteiger partial charge >= 0.3 is 6.03 Å². The van der Waals surface area contributed by atoms with Gasteiger partial charge in [-0.3, -0.25) is 4.79 Å². The van der Waals surface area contributed by atoms with E-state index >= 15 is 0 Å². The molecule has 2 aromatic rings. The number of urea groups is 1. The Labute approximate surface area is 185 Å². The van der Waals surface area contributed by atoms with Crippen molar-refractivity contribution in [1.82, 2.24) is 24.7 Å². The molecule has 1 fully saturated rings. The minimum Gasteiger partial charge on any atom is -0.338 e. The molecule has 0 unspecified atom stereocenters. The number of hydrogen-bond donors (Lipinski definition) is 1. The molecule has 0 radical (unpaired) electrons. The molecule has 1 aromatic heterocycles. The van der Waals surface area contributed by atoms with Crippen LogP contribution in [0.1, 0.15) is 53.5 Å². The number of aryl methyl sites for hydroxylation is 3. The molecular weight excluding hydrogens is 390 g/mol. The predicted octanol–water partition coefficient (Wildman–Crippen LogP) is 3.53. The molecule has 0 atom stereocenters. The van der Waals surface area contributed by atoms with Gasteiger partial charge in [-0.2, -0.15) is 0 Å². The van der Waals surface area contributed by atoms with Crippen molar-refractivity contribution in [2.75, 3.05) is 26.2 Å². The summed E-state index contributed by atoms with van der Waals surface area (Å²) in [6, 6.07) is 6.11. The van der Waals surface area contributed by atoms with Gasteiger partial charge in [0, 0.05) is 56.7 Å². The van der Waals surface area contributed by atoms with E-state index in [1.165, 1.54) is 0 Å². The number of imidazole rings is 1. The second-order valence-electron chi connectivity index (χ2n) is 8.49. The Balaban J connectivity index is 1.64. The number of benzene rings is 1. The molecule has 1 aliphatic rings. The summed E-state index contributed by atoms with van der Waals surface area (Å²) < 4.78 is 2.07. The monoisotopic (exact) mass is 425 g/mol. The number of likely N-dealkylation sites (tertiary alicyclic amines) is 1. The van der Waals surface area contributed by atoms with Crippen LogP contribution in [0.3, 0.4) is 0 Å². The van der Waals surface area contributed by atoms with Crippen LogP contribution in [0, 0.1) is 20.8 Å². The second kappa shape index (κ2) is 10.5. The van der Waals surface area contributed by atoms with Crippen molar-refractivity contribution in [3.8, 4) is 0 Å². The van der Waals surface area contributed by atoms with Crippen LogP contribution in [0.5, 0.6) is 0 Å². The molecule has 0 spiro atoms. The lowest BCUT2D eigenvalue weighted by Gasteiger charge is -2.38. The predicted molar refractivity (Wildman–Crippen MR) is 122 cm³/mol. The number of carbonyl (C=O) groups is 2. The molecule has 3 amide bonds. The van der Waals surface area contributed by atoms with Crippen LogP contribution in [-0.4, -0.2) is 63.5 Å². The maximum atomic E-state index is 13.0. The summed E-state index contributed by atoms with van der Waals surface area (Å²) >= 11 is 0. The minimum absolute atomic E-state index is 0.0151. The van der Waals surface area contributed by atoms with Crippen molar-refractivity contribution >= 4 is 11.9 Å². The van der Waals surface area contributed by atoms with Gasteiger partial charge in [0.2, 0.25) is 0 Å². The minimum atomic E-state index is -0.0151. The Morgan fingerprint density at radius 2 is 1.81 bits per heavy atom. The first-order valence-corrected chi connectivity index (χ1v) is 11.3. The molecule has 168 valence electrons. The van der Waals surface area contributed by atoms with Gasteiger partial charge in [0.05, 0.1) is 0 Å². The topological polar surface area (TPSA) is 70.5 Å². The van der Waals surface area contributed by atoms with Gasteiger partial charge in [-0.15, -0.1) is 0 Å². The van der Waals surface area contributed by atoms with Crippen molar-refractivity contribution in [2.24, 2.45) is 0 Å². The molecule has 7 heteroatoms. The van der Waals surface area contributed by atoms with E-state index in [1.807, 2.05) is 48.9 Å². The number of rotatable bonds is 7. The van der Waals surface area contributed by atoms with E-state index in [0.717, 1.165) is 41.8 Å². The van der Waals surface area contributed by atoms with E-state index in [9.17, 15) is 9.59 Å². The Morgan fingerprint density at radius 3 is 2.39 bits per heavy atom. The number of amides is 3. The van der Waals surface area contributed by atoms with E-state index in [2.05, 4.69) is 27.9 Å². The van der Waals surface area contributed by atoms with Crippen LogP contribution in [0.25, 0.3) is 0 Å². The van der Waals surface area contributed by atoms with Gasteiger partial charge < -0.3 is 19.7 Å². The third-order valence-corrected chi connectivity index (χ3v) is 5.95. The zero-order valence-corrected chi connectivity index (χ0v) is 19.2. The highest BCUT2D eigenvalue weighted by molar-refractivity contribution is 5.94. The Bertz CT molecular complexity index is 879. The lowest BCUT2D eigenvalue weighted by Crippen LogP contribution is -2.52. The summed E-state index contributed by atoms with van der Waals surface area (Å²) in [5.41, 5.74) is 2.96. The van der Waals surface area contributed by atoms with Gasteiger partial charge in [0.15, 0.2) is 0 Å². The molecule has 1 saturated heterocycles. The standard InChI is InChI=1S/C24H35N5O2/c1-5-8-26-24(31)29(14-13-27-12-9-25-20(27)4)22-6-10-28(11-7-22)23(30)21-16-18(2)15-19(3)17-21/h9,12,15-17,22H,5-8,10-11,13-14H2,1-4H3,(H,26,31). The zero-order chi connectivity index (χ0) is 22.4. The largest absolute Gasteiger partial charge is 0.338 e. The average Bonchev–Trinajstić information content (AvgIpc) is 3.16. The van der Waals surface area contributed by atoms with E-state index in [-0.39, 0.29) is 18.0 Å². The van der Waals surface area contributed by atoms with Crippen molar-refractivity contribution in [3.05, 3.63) is 53.1 Å². The fourth-order valence-corrected chi connectivity index (χ4v) is 4.30. The second-order valence-corrected chi connectivity index (χ2v) is 8.49. The van der Waals surface area contributed by atoms with Crippen LogP contribution in [0.15, 0.2) is 30.6 Å². The number of aromatic nitrogens is 2. The van der Waals surface area contributed by atoms with E-state index < -0.39 is 0 Å². The summed E-state index contributed by atoms with van der Waals surface area (Å²) in [6.07, 6.45) is 6.22. The van der Waals surface area contributed by atoms with E-state index in [0.29, 0.717) is 32.7 Å². The highest BCUT2D eigenvalue weighted by Crippen LogP contribution is 2.20. The van der Waals surface area contributed by atoms with E-state index in [1.54, 1.807) is 6.20 Å². The van der Waals surface area contributed by atoms with Crippen LogP contribution in [0.2, 0.25) is 0 Å². The first kappa shape index (κ1) is 22.8. The fourth-order valence-electron chi connectivity index (χ4n) is 4.30. The zero-order valence-electron chi connectivity index (χ0n) is 19.2. The summed E-state index contributed by atoms with van der Waals surface area (Å²) in [7, 11) is 0. The van der Waals surface area contributed by atoms with Crippen molar-refractivity contribution < 1.29 is 9.59 Å². The smallest absolute Gasteiger partial charge is 0.317 e. The molecule has 3 rings (SSSR count). The maximum Gasteiger partial charge on any atom is 0.317 e. The third-order valence-electron chi connectivity index (χ3n) is 5.95. The molecule has 1 N–H and O–H groups in total. The number of nitrogens with zero attached hydrogens (tertiary/aromatic N) is 4. The molecule has 1 aromatic carbocycles. The molecule has 0 saturated carbocycles. The van der Waals surface area contributed by atoms with Gasteiger partial charge in [0.25, 0.3) is 5.91 Å². The Kier molecular flexibility index (Phi) is 7.71. The lowest BCUT2D eigenvalue weighted by atomic mass is 10.0. The molecule has 31 heavy (non-hydrogen) atoms. The van der Waals surface area contributed by atoms with Crippen molar-refractivity contribution in [1.29, 1.82) is 0 Å². The fraction of sp³-hybridized carbons (Fsp3) is 0.542. The quantitative estimate of drug-likeness (QED) is 0.738. The lowest BCUT2D eigenvalue weighted by molar-refractivity contribution is 0.0649. The molecule has 0 bridgehead atoms. The van der Waals surface area contributed by atoms with Crippen molar-refractivity contribution in [3.63, 3.8) is 0 Å². The van der Waals surface area contributed by atoms with E-state index in [4.69, 9.17) is 0 Å². The normalized spacial score (nSPS) is 14.5. The Hall–Kier alpha value is -2.83.